The van der Waals surface area contributed by atoms with Crippen molar-refractivity contribution >= 4 is 5.97 Å². The third-order valence-electron chi connectivity index (χ3n) is 6.68. The van der Waals surface area contributed by atoms with Crippen LogP contribution >= 0.6 is 0 Å². The number of unbranched alkanes of at least 4 members (excludes halogenated alkanes) is 3. The van der Waals surface area contributed by atoms with Gasteiger partial charge in [0.1, 0.15) is 6.10 Å². The predicted octanol–water partition coefficient (Wildman–Crippen LogP) is 8.16. The van der Waals surface area contributed by atoms with E-state index in [1.165, 1.54) is 11.6 Å². The number of carbonyl (C=O) groups is 1. The van der Waals surface area contributed by atoms with Crippen LogP contribution < -0.4 is 4.74 Å². The molecule has 0 aromatic heterocycles. The summed E-state index contributed by atoms with van der Waals surface area (Å²) in [6, 6.07) is 13.4. The largest absolute Gasteiger partial charge is 0.491 e. The van der Waals surface area contributed by atoms with Gasteiger partial charge in [-0.25, -0.2) is 13.6 Å². The highest BCUT2D eigenvalue weighted by molar-refractivity contribution is 5.74. The van der Waals surface area contributed by atoms with Gasteiger partial charge in [-0.15, -0.1) is 0 Å². The van der Waals surface area contributed by atoms with Gasteiger partial charge in [0.2, 0.25) is 0 Å². The Morgan fingerprint density at radius 2 is 1.62 bits per heavy atom. The molecule has 0 radical (unpaired) electrons. The maximum atomic E-state index is 14.5. The first kappa shape index (κ1) is 26.2. The first-order chi connectivity index (χ1) is 16.5. The summed E-state index contributed by atoms with van der Waals surface area (Å²) in [7, 11) is 0. The molecule has 1 saturated carbocycles. The Bertz CT molecular complexity index is 889. The van der Waals surface area contributed by atoms with Crippen molar-refractivity contribution in [2.24, 2.45) is 0 Å². The van der Waals surface area contributed by atoms with E-state index in [1.54, 1.807) is 6.07 Å². The fraction of sp³-hybridized carbons (Fsp3) is 0.552. The molecule has 3 nitrogen and oxygen atoms in total. The molecular weight excluding hydrogens is 434 g/mol. The number of hydrogen-bond donors (Lipinski definition) is 0. The summed E-state index contributed by atoms with van der Waals surface area (Å²) in [6.07, 6.45) is 6.55. The van der Waals surface area contributed by atoms with Gasteiger partial charge in [-0.3, -0.25) is 0 Å². The molecule has 34 heavy (non-hydrogen) atoms. The van der Waals surface area contributed by atoms with Crippen LogP contribution in [0, 0.1) is 5.82 Å². The molecule has 2 aromatic rings. The van der Waals surface area contributed by atoms with Gasteiger partial charge >= 0.3 is 5.97 Å². The van der Waals surface area contributed by atoms with E-state index in [2.05, 4.69) is 19.1 Å². The molecule has 1 atom stereocenters. The monoisotopic (exact) mass is 472 g/mol. The smallest absolute Gasteiger partial charge is 0.340 e. The van der Waals surface area contributed by atoms with Gasteiger partial charge in [0.05, 0.1) is 6.61 Å². The molecule has 0 bridgehead atoms. The van der Waals surface area contributed by atoms with Crippen molar-refractivity contribution in [2.45, 2.75) is 96.2 Å². The Kier molecular flexibility index (Phi) is 10.4. The van der Waals surface area contributed by atoms with Crippen molar-refractivity contribution in [1.82, 2.24) is 0 Å². The number of ether oxygens (including phenoxy) is 2. The Morgan fingerprint density at radius 1 is 0.941 bits per heavy atom. The van der Waals surface area contributed by atoms with Crippen LogP contribution in [0.25, 0.3) is 11.1 Å². The summed E-state index contributed by atoms with van der Waals surface area (Å²) in [5, 5.41) is 0. The van der Waals surface area contributed by atoms with Gasteiger partial charge < -0.3 is 9.47 Å². The lowest BCUT2D eigenvalue weighted by Crippen LogP contribution is -2.28. The van der Waals surface area contributed by atoms with E-state index in [9.17, 15) is 13.6 Å². The summed E-state index contributed by atoms with van der Waals surface area (Å²) in [5.41, 5.74) is 3.02. The SMILES string of the molecule is CCCCCOc1ccc(-c2ccc(C3CCC(OC(=O)[C@@H](F)CCCC)CC3)cc2)cc1F. The number of halogens is 2. The average molecular weight is 473 g/mol. The molecule has 1 aliphatic rings. The van der Waals surface area contributed by atoms with Crippen LogP contribution in [0.15, 0.2) is 42.5 Å². The lowest BCUT2D eigenvalue weighted by molar-refractivity contribution is -0.157. The maximum Gasteiger partial charge on any atom is 0.340 e. The lowest BCUT2D eigenvalue weighted by atomic mass is 9.82. The number of esters is 1. The van der Waals surface area contributed by atoms with E-state index in [4.69, 9.17) is 9.47 Å². The molecule has 0 unspecified atom stereocenters. The highest BCUT2D eigenvalue weighted by Crippen LogP contribution is 2.35. The van der Waals surface area contributed by atoms with Crippen LogP contribution in [0.5, 0.6) is 5.75 Å². The first-order valence-corrected chi connectivity index (χ1v) is 12.9. The van der Waals surface area contributed by atoms with Crippen molar-refractivity contribution in [1.29, 1.82) is 0 Å². The standard InChI is InChI=1S/C29H38F2O3/c1-3-5-7-19-33-28-18-15-24(20-27(28)31)23-11-9-21(10-12-23)22-13-16-25(17-14-22)34-29(32)26(30)8-6-4-2/h9-12,15,18,20,22,25-26H,3-8,13-14,16-17,19H2,1-2H3/t22?,25?,26-/m0/s1. The van der Waals surface area contributed by atoms with Crippen molar-refractivity contribution < 1.29 is 23.0 Å². The van der Waals surface area contributed by atoms with E-state index in [1.807, 2.05) is 25.1 Å². The van der Waals surface area contributed by atoms with Crippen LogP contribution in [-0.4, -0.2) is 24.9 Å². The molecule has 0 heterocycles. The molecule has 186 valence electrons. The summed E-state index contributed by atoms with van der Waals surface area (Å²) < 4.78 is 39.3. The highest BCUT2D eigenvalue weighted by atomic mass is 19.1. The second-order valence-corrected chi connectivity index (χ2v) is 9.34. The summed E-state index contributed by atoms with van der Waals surface area (Å²) in [6.45, 7) is 4.64. The average Bonchev–Trinajstić information content (AvgIpc) is 2.86. The zero-order valence-electron chi connectivity index (χ0n) is 20.5. The molecule has 0 spiro atoms. The third kappa shape index (κ3) is 7.54. The second-order valence-electron chi connectivity index (χ2n) is 9.34. The van der Waals surface area contributed by atoms with Crippen LogP contribution in [0.2, 0.25) is 0 Å². The zero-order valence-corrected chi connectivity index (χ0v) is 20.5. The van der Waals surface area contributed by atoms with Gasteiger partial charge in [0.25, 0.3) is 0 Å². The van der Waals surface area contributed by atoms with Crippen LogP contribution in [0.3, 0.4) is 0 Å². The number of carbonyl (C=O) groups excluding carboxylic acids is 1. The Labute approximate surface area is 202 Å². The molecule has 0 aliphatic heterocycles. The van der Waals surface area contributed by atoms with Crippen molar-refractivity contribution in [3.8, 4) is 16.9 Å². The topological polar surface area (TPSA) is 35.5 Å². The van der Waals surface area contributed by atoms with E-state index < -0.39 is 12.1 Å². The minimum absolute atomic E-state index is 0.186. The van der Waals surface area contributed by atoms with E-state index >= 15 is 0 Å². The van der Waals surface area contributed by atoms with Crippen molar-refractivity contribution in [2.75, 3.05) is 6.61 Å². The number of benzene rings is 2. The van der Waals surface area contributed by atoms with E-state index in [-0.39, 0.29) is 18.3 Å². The number of rotatable bonds is 12. The molecule has 1 fully saturated rings. The summed E-state index contributed by atoms with van der Waals surface area (Å²) in [4.78, 5) is 11.9. The lowest BCUT2D eigenvalue weighted by Gasteiger charge is -2.29. The molecule has 5 heteroatoms. The van der Waals surface area contributed by atoms with Gasteiger partial charge in [0.15, 0.2) is 17.7 Å². The highest BCUT2D eigenvalue weighted by Gasteiger charge is 2.27. The molecular formula is C29H38F2O3. The molecule has 3 rings (SSSR count). The third-order valence-corrected chi connectivity index (χ3v) is 6.68. The first-order valence-electron chi connectivity index (χ1n) is 12.9. The molecule has 0 amide bonds. The van der Waals surface area contributed by atoms with E-state index in [0.29, 0.717) is 24.7 Å². The Hall–Kier alpha value is -2.43. The Morgan fingerprint density at radius 3 is 2.26 bits per heavy atom. The minimum Gasteiger partial charge on any atom is -0.491 e. The van der Waals surface area contributed by atoms with Crippen molar-refractivity contribution in [3.63, 3.8) is 0 Å². The van der Waals surface area contributed by atoms with Gasteiger partial charge in [-0.2, -0.15) is 0 Å². The van der Waals surface area contributed by atoms with Crippen LogP contribution in [-0.2, 0) is 9.53 Å². The van der Waals surface area contributed by atoms with Gasteiger partial charge in [0, 0.05) is 0 Å². The second kappa shape index (κ2) is 13.5. The van der Waals surface area contributed by atoms with Crippen LogP contribution in [0.1, 0.15) is 89.5 Å². The molecule has 0 N–H and O–H groups in total. The minimum atomic E-state index is -1.50. The van der Waals surface area contributed by atoms with Gasteiger partial charge in [-0.05, 0) is 73.3 Å². The quantitative estimate of drug-likeness (QED) is 0.231. The molecule has 2 aromatic carbocycles. The van der Waals surface area contributed by atoms with Crippen LogP contribution in [0.4, 0.5) is 8.78 Å². The fourth-order valence-electron chi connectivity index (χ4n) is 4.53. The summed E-state index contributed by atoms with van der Waals surface area (Å²) in [5.74, 6) is -0.346. The normalized spacial score (nSPS) is 18.9. The zero-order chi connectivity index (χ0) is 24.3. The number of hydrogen-bond acceptors (Lipinski definition) is 3. The fourth-order valence-corrected chi connectivity index (χ4v) is 4.53. The van der Waals surface area contributed by atoms with Crippen molar-refractivity contribution in [3.05, 3.63) is 53.8 Å². The maximum absolute atomic E-state index is 14.5. The number of alkyl halides is 1. The summed E-state index contributed by atoms with van der Waals surface area (Å²) >= 11 is 0. The molecule has 0 saturated heterocycles. The van der Waals surface area contributed by atoms with E-state index in [0.717, 1.165) is 62.5 Å². The Balaban J connectivity index is 1.50. The van der Waals surface area contributed by atoms with Gasteiger partial charge in [-0.1, -0.05) is 69.9 Å². The molecule has 1 aliphatic carbocycles. The predicted molar refractivity (Wildman–Crippen MR) is 132 cm³/mol.